The van der Waals surface area contributed by atoms with Crippen LogP contribution < -0.4 is 5.32 Å². The van der Waals surface area contributed by atoms with E-state index in [1.165, 1.54) is 25.9 Å². The fourth-order valence-electron chi connectivity index (χ4n) is 2.45. The molecule has 1 rings (SSSR count). The Hall–Kier alpha value is -0.0800. The van der Waals surface area contributed by atoms with Crippen molar-refractivity contribution in [2.24, 2.45) is 5.92 Å². The van der Waals surface area contributed by atoms with Gasteiger partial charge in [-0.25, -0.2) is 0 Å². The summed E-state index contributed by atoms with van der Waals surface area (Å²) in [4.78, 5) is 2.62. The topological polar surface area (TPSA) is 15.3 Å². The average molecular weight is 198 g/mol. The van der Waals surface area contributed by atoms with Crippen LogP contribution in [0.15, 0.2) is 0 Å². The summed E-state index contributed by atoms with van der Waals surface area (Å²) in [7, 11) is 0. The molecule has 2 heteroatoms. The van der Waals surface area contributed by atoms with Crippen LogP contribution in [-0.2, 0) is 0 Å². The van der Waals surface area contributed by atoms with Crippen molar-refractivity contribution in [3.8, 4) is 0 Å². The molecule has 0 spiro atoms. The first-order chi connectivity index (χ1) is 6.63. The van der Waals surface area contributed by atoms with Crippen molar-refractivity contribution < 1.29 is 0 Å². The van der Waals surface area contributed by atoms with Crippen molar-refractivity contribution in [3.05, 3.63) is 0 Å². The summed E-state index contributed by atoms with van der Waals surface area (Å²) >= 11 is 0. The summed E-state index contributed by atoms with van der Waals surface area (Å²) in [5.74, 6) is 0.892. The molecule has 0 bridgehead atoms. The maximum absolute atomic E-state index is 3.55. The van der Waals surface area contributed by atoms with Gasteiger partial charge < -0.3 is 5.32 Å². The Kier molecular flexibility index (Phi) is 4.90. The Morgan fingerprint density at radius 2 is 2.14 bits per heavy atom. The third-order valence-corrected chi connectivity index (χ3v) is 3.16. The molecule has 0 aromatic heterocycles. The minimum atomic E-state index is 0.641. The first kappa shape index (κ1) is 12.0. The summed E-state index contributed by atoms with van der Waals surface area (Å²) in [5.41, 5.74) is 0. The first-order valence-electron chi connectivity index (χ1n) is 6.11. The summed E-state index contributed by atoms with van der Waals surface area (Å²) in [6.45, 7) is 12.9. The van der Waals surface area contributed by atoms with Crippen LogP contribution in [0.4, 0.5) is 0 Å². The number of rotatable bonds is 5. The first-order valence-corrected chi connectivity index (χ1v) is 6.11. The fourth-order valence-corrected chi connectivity index (χ4v) is 2.45. The molecule has 0 aromatic rings. The molecule has 0 aromatic carbocycles. The molecule has 1 saturated heterocycles. The summed E-state index contributed by atoms with van der Waals surface area (Å²) in [6.07, 6.45) is 2.61. The molecule has 0 radical (unpaired) electrons. The molecule has 1 aliphatic rings. The van der Waals surface area contributed by atoms with Gasteiger partial charge in [0.05, 0.1) is 0 Å². The molecule has 1 fully saturated rings. The summed E-state index contributed by atoms with van der Waals surface area (Å²) in [6, 6.07) is 1.43. The van der Waals surface area contributed by atoms with Crippen LogP contribution in [0, 0.1) is 5.92 Å². The minimum Gasteiger partial charge on any atom is -0.313 e. The van der Waals surface area contributed by atoms with Crippen LogP contribution in [0.3, 0.4) is 0 Å². The third-order valence-electron chi connectivity index (χ3n) is 3.16. The molecular weight excluding hydrogens is 172 g/mol. The molecule has 0 amide bonds. The molecule has 3 atom stereocenters. The SMILES string of the molecule is CCCNC(C)CN1CC(C)CC1C. The largest absolute Gasteiger partial charge is 0.313 e. The maximum atomic E-state index is 3.55. The Labute approximate surface area is 89.1 Å². The normalized spacial score (nSPS) is 30.9. The highest BCUT2D eigenvalue weighted by molar-refractivity contribution is 4.82. The van der Waals surface area contributed by atoms with Gasteiger partial charge in [-0.2, -0.15) is 0 Å². The van der Waals surface area contributed by atoms with Crippen LogP contribution in [0.2, 0.25) is 0 Å². The number of hydrogen-bond donors (Lipinski definition) is 1. The predicted molar refractivity (Wildman–Crippen MR) is 62.6 cm³/mol. The lowest BCUT2D eigenvalue weighted by Crippen LogP contribution is -2.41. The van der Waals surface area contributed by atoms with Gasteiger partial charge in [0, 0.05) is 25.2 Å². The minimum absolute atomic E-state index is 0.641. The Morgan fingerprint density at radius 3 is 2.64 bits per heavy atom. The smallest absolute Gasteiger partial charge is 0.0166 e. The highest BCUT2D eigenvalue weighted by atomic mass is 15.2. The molecular formula is C12H26N2. The van der Waals surface area contributed by atoms with E-state index in [0.29, 0.717) is 6.04 Å². The number of nitrogens with zero attached hydrogens (tertiary/aromatic N) is 1. The number of likely N-dealkylation sites (tertiary alicyclic amines) is 1. The van der Waals surface area contributed by atoms with Gasteiger partial charge in [-0.05, 0) is 39.2 Å². The third kappa shape index (κ3) is 3.58. The van der Waals surface area contributed by atoms with Crippen molar-refractivity contribution in [1.82, 2.24) is 10.2 Å². The zero-order chi connectivity index (χ0) is 10.6. The van der Waals surface area contributed by atoms with Gasteiger partial charge in [-0.15, -0.1) is 0 Å². The van der Waals surface area contributed by atoms with E-state index in [0.717, 1.165) is 18.5 Å². The van der Waals surface area contributed by atoms with Crippen LogP contribution in [-0.4, -0.2) is 36.6 Å². The van der Waals surface area contributed by atoms with E-state index in [9.17, 15) is 0 Å². The Balaban J connectivity index is 2.22. The second-order valence-electron chi connectivity index (χ2n) is 5.00. The van der Waals surface area contributed by atoms with Gasteiger partial charge in [0.15, 0.2) is 0 Å². The molecule has 1 N–H and O–H groups in total. The van der Waals surface area contributed by atoms with Crippen molar-refractivity contribution in [3.63, 3.8) is 0 Å². The Morgan fingerprint density at radius 1 is 1.43 bits per heavy atom. The lowest BCUT2D eigenvalue weighted by molar-refractivity contribution is 0.239. The van der Waals surface area contributed by atoms with Crippen molar-refractivity contribution in [2.75, 3.05) is 19.6 Å². The Bertz CT molecular complexity index is 158. The van der Waals surface area contributed by atoms with Crippen LogP contribution >= 0.6 is 0 Å². The summed E-state index contributed by atoms with van der Waals surface area (Å²) in [5, 5.41) is 3.55. The maximum Gasteiger partial charge on any atom is 0.0166 e. The number of nitrogens with one attached hydrogen (secondary N) is 1. The van der Waals surface area contributed by atoms with Crippen molar-refractivity contribution in [1.29, 1.82) is 0 Å². The van der Waals surface area contributed by atoms with Gasteiger partial charge >= 0.3 is 0 Å². The van der Waals surface area contributed by atoms with Crippen LogP contribution in [0.5, 0.6) is 0 Å². The van der Waals surface area contributed by atoms with Crippen molar-refractivity contribution in [2.45, 2.75) is 52.6 Å². The predicted octanol–water partition coefficient (Wildman–Crippen LogP) is 2.10. The molecule has 2 nitrogen and oxygen atoms in total. The highest BCUT2D eigenvalue weighted by Gasteiger charge is 2.26. The van der Waals surface area contributed by atoms with Gasteiger partial charge in [-0.3, -0.25) is 4.90 Å². The second-order valence-corrected chi connectivity index (χ2v) is 5.00. The van der Waals surface area contributed by atoms with E-state index in [2.05, 4.69) is 37.9 Å². The molecule has 1 heterocycles. The number of hydrogen-bond acceptors (Lipinski definition) is 2. The van der Waals surface area contributed by atoms with E-state index < -0.39 is 0 Å². The van der Waals surface area contributed by atoms with E-state index >= 15 is 0 Å². The second kappa shape index (κ2) is 5.72. The molecule has 14 heavy (non-hydrogen) atoms. The monoisotopic (exact) mass is 198 g/mol. The van der Waals surface area contributed by atoms with E-state index in [4.69, 9.17) is 0 Å². The van der Waals surface area contributed by atoms with E-state index in [1.54, 1.807) is 0 Å². The zero-order valence-electron chi connectivity index (χ0n) is 10.2. The zero-order valence-corrected chi connectivity index (χ0v) is 10.2. The molecule has 3 unspecified atom stereocenters. The standard InChI is InChI=1S/C12H26N2/c1-5-6-13-11(3)9-14-8-10(2)7-12(14)4/h10-13H,5-9H2,1-4H3. The lowest BCUT2D eigenvalue weighted by atomic mass is 10.1. The van der Waals surface area contributed by atoms with Crippen LogP contribution in [0.25, 0.3) is 0 Å². The van der Waals surface area contributed by atoms with Gasteiger partial charge in [-0.1, -0.05) is 13.8 Å². The molecule has 0 aliphatic carbocycles. The van der Waals surface area contributed by atoms with Crippen LogP contribution in [0.1, 0.15) is 40.5 Å². The quantitative estimate of drug-likeness (QED) is 0.728. The fraction of sp³-hybridized carbons (Fsp3) is 1.00. The lowest BCUT2D eigenvalue weighted by Gasteiger charge is -2.25. The van der Waals surface area contributed by atoms with Gasteiger partial charge in [0.2, 0.25) is 0 Å². The molecule has 1 aliphatic heterocycles. The van der Waals surface area contributed by atoms with Crippen molar-refractivity contribution >= 4 is 0 Å². The van der Waals surface area contributed by atoms with E-state index in [1.807, 2.05) is 0 Å². The highest BCUT2D eigenvalue weighted by Crippen LogP contribution is 2.21. The molecule has 84 valence electrons. The summed E-state index contributed by atoms with van der Waals surface area (Å²) < 4.78 is 0. The van der Waals surface area contributed by atoms with Gasteiger partial charge in [0.1, 0.15) is 0 Å². The van der Waals surface area contributed by atoms with E-state index in [-0.39, 0.29) is 0 Å². The van der Waals surface area contributed by atoms with Gasteiger partial charge in [0.25, 0.3) is 0 Å². The average Bonchev–Trinajstić information content (AvgIpc) is 2.42. The molecule has 0 saturated carbocycles.